The van der Waals surface area contributed by atoms with Gasteiger partial charge in [0.05, 0.1) is 0 Å². The molecule has 10 heteroatoms. The molecular formula is C32H19CuIN8. The van der Waals surface area contributed by atoms with Gasteiger partial charge in [-0.3, -0.25) is 0 Å². The molecule has 8 bridgehead atoms. The maximum absolute atomic E-state index is 5.02. The van der Waals surface area contributed by atoms with E-state index in [4.69, 9.17) is 29.9 Å². The number of halogens is 1. The van der Waals surface area contributed by atoms with Crippen molar-refractivity contribution in [3.05, 3.63) is 97.1 Å². The quantitative estimate of drug-likeness (QED) is 0.125. The second-order valence-corrected chi connectivity index (χ2v) is 9.79. The summed E-state index contributed by atoms with van der Waals surface area (Å²) < 4.78 is 0. The van der Waals surface area contributed by atoms with Gasteiger partial charge in [0, 0.05) is 60.9 Å². The largest absolute Gasteiger partial charge is 0.324 e. The summed E-state index contributed by atoms with van der Waals surface area (Å²) in [6.45, 7) is 0. The molecule has 0 atom stereocenters. The second kappa shape index (κ2) is 10.1. The molecule has 205 valence electrons. The van der Waals surface area contributed by atoms with Crippen LogP contribution in [0, 0.1) is 0 Å². The number of fused-ring (bicyclic) bond motifs is 20. The van der Waals surface area contributed by atoms with Gasteiger partial charge in [0.25, 0.3) is 0 Å². The molecule has 0 saturated heterocycles. The standard InChI is InChI=1S/C32H18N8.Cu.HI/c1-2-10-18-17(9-1)25-33-26(18)38-28-21-13-5-6-14-22(21)30(35-28)40-32-24-16-8-7-15-23(24)31(36-32)39-29-20-12-4-3-11-19(20)27(34-29)37-25;;/h1-16H,(H2,33,34,35,36,37,38,39,40);;1H. The van der Waals surface area contributed by atoms with Crippen LogP contribution in [0.4, 0.5) is 0 Å². The van der Waals surface area contributed by atoms with Crippen LogP contribution in [0.2, 0.25) is 0 Å². The van der Waals surface area contributed by atoms with Crippen LogP contribution in [0.5, 0.6) is 0 Å². The first kappa shape index (κ1) is 26.4. The third-order valence-electron chi connectivity index (χ3n) is 7.46. The Bertz CT molecular complexity index is 2040. The number of hydrogen-bond acceptors (Lipinski definition) is 6. The number of hydrogen-bond donors (Lipinski definition) is 2. The van der Waals surface area contributed by atoms with Crippen molar-refractivity contribution in [1.82, 2.24) is 39.9 Å². The Labute approximate surface area is 266 Å². The summed E-state index contributed by atoms with van der Waals surface area (Å²) in [7, 11) is 0. The number of rotatable bonds is 0. The smallest absolute Gasteiger partial charge is 0.164 e. The molecule has 8 nitrogen and oxygen atoms in total. The molecule has 0 unspecified atom stereocenters. The fourth-order valence-corrected chi connectivity index (χ4v) is 5.59. The van der Waals surface area contributed by atoms with Crippen molar-refractivity contribution in [2.75, 3.05) is 0 Å². The summed E-state index contributed by atoms with van der Waals surface area (Å²) in [6, 6.07) is 32.2. The van der Waals surface area contributed by atoms with Crippen LogP contribution in [0.3, 0.4) is 0 Å². The van der Waals surface area contributed by atoms with Crippen LogP contribution in [0.1, 0.15) is 0 Å². The van der Waals surface area contributed by atoms with Crippen molar-refractivity contribution in [3.63, 3.8) is 0 Å². The topological polar surface area (TPSA) is 109 Å². The minimum atomic E-state index is 0. The van der Waals surface area contributed by atoms with Crippen molar-refractivity contribution in [2.24, 2.45) is 0 Å². The molecule has 5 heterocycles. The Hall–Kier alpha value is -4.51. The van der Waals surface area contributed by atoms with Crippen LogP contribution in [0.25, 0.3) is 89.7 Å². The van der Waals surface area contributed by atoms with Gasteiger partial charge in [-0.2, -0.15) is 0 Å². The predicted octanol–water partition coefficient (Wildman–Crippen LogP) is 7.48. The molecule has 0 fully saturated rings. The number of H-pyrrole nitrogens is 2. The number of benzene rings is 4. The molecule has 4 aromatic carbocycles. The Balaban J connectivity index is 0.00000144. The minimum absolute atomic E-state index is 0. The monoisotopic (exact) mass is 705 g/mol. The van der Waals surface area contributed by atoms with Crippen molar-refractivity contribution in [1.29, 1.82) is 0 Å². The molecule has 2 aliphatic heterocycles. The van der Waals surface area contributed by atoms with E-state index in [0.717, 1.165) is 43.8 Å². The molecule has 0 amide bonds. The third-order valence-corrected chi connectivity index (χ3v) is 7.46. The summed E-state index contributed by atoms with van der Waals surface area (Å²) in [4.78, 5) is 36.8. The fourth-order valence-electron chi connectivity index (χ4n) is 5.59. The summed E-state index contributed by atoms with van der Waals surface area (Å²) in [6.07, 6.45) is 0. The van der Waals surface area contributed by atoms with Crippen LogP contribution in [0.15, 0.2) is 97.1 Å². The van der Waals surface area contributed by atoms with Crippen LogP contribution in [-0.4, -0.2) is 39.9 Å². The van der Waals surface area contributed by atoms with Gasteiger partial charge in [-0.25, -0.2) is 29.9 Å². The van der Waals surface area contributed by atoms with Crippen molar-refractivity contribution < 1.29 is 17.1 Å². The van der Waals surface area contributed by atoms with E-state index in [0.29, 0.717) is 45.9 Å². The summed E-state index contributed by atoms with van der Waals surface area (Å²) in [5.41, 5.74) is 6.45. The Morgan fingerprint density at radius 1 is 0.333 bits per heavy atom. The van der Waals surface area contributed by atoms with Gasteiger partial charge in [-0.15, -0.1) is 24.0 Å². The van der Waals surface area contributed by atoms with Crippen LogP contribution >= 0.6 is 24.0 Å². The molecule has 2 aliphatic rings. The molecule has 1 radical (unpaired) electrons. The number of aromatic amines is 2. The predicted molar refractivity (Wildman–Crippen MR) is 171 cm³/mol. The van der Waals surface area contributed by atoms with Gasteiger partial charge >= 0.3 is 0 Å². The molecule has 7 aromatic rings. The van der Waals surface area contributed by atoms with E-state index in [-0.39, 0.29) is 41.0 Å². The van der Waals surface area contributed by atoms with Gasteiger partial charge in [0.15, 0.2) is 23.3 Å². The van der Waals surface area contributed by atoms with Crippen LogP contribution in [-0.2, 0) is 17.1 Å². The number of aromatic nitrogens is 8. The third kappa shape index (κ3) is 3.94. The first-order chi connectivity index (χ1) is 19.8. The molecule has 42 heavy (non-hydrogen) atoms. The number of nitrogens with zero attached hydrogens (tertiary/aromatic N) is 6. The molecule has 9 rings (SSSR count). The molecule has 0 aliphatic carbocycles. The molecule has 0 saturated carbocycles. The maximum Gasteiger partial charge on any atom is 0.164 e. The van der Waals surface area contributed by atoms with Gasteiger partial charge in [0.1, 0.15) is 22.6 Å². The molecule has 3 aromatic heterocycles. The van der Waals surface area contributed by atoms with Crippen molar-refractivity contribution in [3.8, 4) is 45.6 Å². The van der Waals surface area contributed by atoms with E-state index in [9.17, 15) is 0 Å². The molecule has 2 N–H and O–H groups in total. The molecular weight excluding hydrogens is 687 g/mol. The summed E-state index contributed by atoms with van der Waals surface area (Å²) >= 11 is 0. The zero-order valence-corrected chi connectivity index (χ0v) is 24.9. The van der Waals surface area contributed by atoms with E-state index >= 15 is 0 Å². The second-order valence-electron chi connectivity index (χ2n) is 9.79. The minimum Gasteiger partial charge on any atom is -0.324 e. The van der Waals surface area contributed by atoms with Crippen LogP contribution < -0.4 is 0 Å². The van der Waals surface area contributed by atoms with E-state index in [1.807, 2.05) is 97.1 Å². The Morgan fingerprint density at radius 2 is 0.571 bits per heavy atom. The summed E-state index contributed by atoms with van der Waals surface area (Å²) in [5, 5.41) is 3.82. The normalized spacial score (nSPS) is 11.4. The Morgan fingerprint density at radius 3 is 0.833 bits per heavy atom. The fraction of sp³-hybridized carbons (Fsp3) is 0. The zero-order chi connectivity index (χ0) is 26.2. The van der Waals surface area contributed by atoms with E-state index in [1.54, 1.807) is 0 Å². The Kier molecular flexibility index (Phi) is 6.34. The number of nitrogens with one attached hydrogen (secondary N) is 2. The van der Waals surface area contributed by atoms with Crippen molar-refractivity contribution in [2.45, 2.75) is 0 Å². The van der Waals surface area contributed by atoms with E-state index < -0.39 is 0 Å². The first-order valence-electron chi connectivity index (χ1n) is 13.0. The first-order valence-corrected chi connectivity index (χ1v) is 13.0. The zero-order valence-electron chi connectivity index (χ0n) is 21.6. The van der Waals surface area contributed by atoms with Crippen molar-refractivity contribution >= 4 is 68.1 Å². The van der Waals surface area contributed by atoms with Gasteiger partial charge in [-0.05, 0) is 0 Å². The average molecular weight is 706 g/mol. The van der Waals surface area contributed by atoms with E-state index in [1.165, 1.54) is 0 Å². The summed E-state index contributed by atoms with van der Waals surface area (Å²) in [5.74, 6) is 2.39. The van der Waals surface area contributed by atoms with Gasteiger partial charge < -0.3 is 9.97 Å². The van der Waals surface area contributed by atoms with Gasteiger partial charge in [-0.1, -0.05) is 97.1 Å². The van der Waals surface area contributed by atoms with Gasteiger partial charge in [0.2, 0.25) is 0 Å². The average Bonchev–Trinajstić information content (AvgIpc) is 3.73. The van der Waals surface area contributed by atoms with E-state index in [2.05, 4.69) is 9.97 Å². The maximum atomic E-state index is 5.02. The SMILES string of the molecule is I.[Cu].c1ccc2c(c1)-c1nc-2nc2[nH]c(nc3nc(nc4[nH]c(n1)c1ccccc41)-c1ccccc1-3)c1ccccc21. The molecule has 0 spiro atoms.